The summed E-state index contributed by atoms with van der Waals surface area (Å²) in [5.74, 6) is -1.45. The molecule has 2 rings (SSSR count). The Kier molecular flexibility index (Phi) is 3.91. The molecule has 0 radical (unpaired) electrons. The van der Waals surface area contributed by atoms with E-state index in [9.17, 15) is 13.9 Å². The van der Waals surface area contributed by atoms with Crippen molar-refractivity contribution < 1.29 is 18.6 Å². The molecule has 1 heterocycles. The summed E-state index contributed by atoms with van der Waals surface area (Å²) >= 11 is 0. The van der Waals surface area contributed by atoms with E-state index in [0.717, 1.165) is 12.1 Å². The predicted molar refractivity (Wildman–Crippen MR) is 69.0 cm³/mol. The summed E-state index contributed by atoms with van der Waals surface area (Å²) in [7, 11) is 1.55. The van der Waals surface area contributed by atoms with Crippen LogP contribution < -0.4 is 10.6 Å². The van der Waals surface area contributed by atoms with Gasteiger partial charge in [-0.1, -0.05) is 0 Å². The fraction of sp³-hybridized carbons (Fsp3) is 0.538. The van der Waals surface area contributed by atoms with Gasteiger partial charge in [0.25, 0.3) is 0 Å². The standard InChI is InChI=1S/C13H18F2N2O2/c1-17(8-13(18)2-4-19-5-3-13)12-10(14)6-9(16)7-11(12)15/h6-7,18H,2-5,8,16H2,1H3. The lowest BCUT2D eigenvalue weighted by atomic mass is 9.93. The van der Waals surface area contributed by atoms with Crippen molar-refractivity contribution in [2.45, 2.75) is 18.4 Å². The van der Waals surface area contributed by atoms with Crippen molar-refractivity contribution in [3.05, 3.63) is 23.8 Å². The first-order chi connectivity index (χ1) is 8.91. The Morgan fingerprint density at radius 1 is 1.32 bits per heavy atom. The molecule has 0 saturated carbocycles. The van der Waals surface area contributed by atoms with Crippen LogP contribution in [-0.4, -0.2) is 37.5 Å². The van der Waals surface area contributed by atoms with Crippen molar-refractivity contribution in [2.75, 3.05) is 37.4 Å². The molecule has 1 aromatic rings. The van der Waals surface area contributed by atoms with Crippen LogP contribution in [-0.2, 0) is 4.74 Å². The molecule has 4 nitrogen and oxygen atoms in total. The molecule has 106 valence electrons. The lowest BCUT2D eigenvalue weighted by molar-refractivity contribution is -0.0573. The molecule has 3 N–H and O–H groups in total. The Morgan fingerprint density at radius 2 is 1.84 bits per heavy atom. The minimum absolute atomic E-state index is 0.0388. The Labute approximate surface area is 110 Å². The Hall–Kier alpha value is -1.40. The Bertz CT molecular complexity index is 439. The monoisotopic (exact) mass is 272 g/mol. The van der Waals surface area contributed by atoms with Gasteiger partial charge >= 0.3 is 0 Å². The highest BCUT2D eigenvalue weighted by Crippen LogP contribution is 2.28. The quantitative estimate of drug-likeness (QED) is 0.819. The molecule has 0 amide bonds. The first kappa shape index (κ1) is 14.0. The molecule has 1 aliphatic rings. The molecule has 1 saturated heterocycles. The highest BCUT2D eigenvalue weighted by Gasteiger charge is 2.32. The van der Waals surface area contributed by atoms with Crippen molar-refractivity contribution >= 4 is 11.4 Å². The first-order valence-corrected chi connectivity index (χ1v) is 6.17. The van der Waals surface area contributed by atoms with E-state index >= 15 is 0 Å². The van der Waals surface area contributed by atoms with Crippen molar-refractivity contribution in [3.8, 4) is 0 Å². The van der Waals surface area contributed by atoms with E-state index < -0.39 is 17.2 Å². The van der Waals surface area contributed by atoms with Gasteiger partial charge in [-0.25, -0.2) is 8.78 Å². The molecule has 6 heteroatoms. The maximum Gasteiger partial charge on any atom is 0.151 e. The second kappa shape index (κ2) is 5.30. The van der Waals surface area contributed by atoms with E-state index in [1.807, 2.05) is 0 Å². The smallest absolute Gasteiger partial charge is 0.151 e. The zero-order valence-corrected chi connectivity index (χ0v) is 10.8. The summed E-state index contributed by atoms with van der Waals surface area (Å²) in [6, 6.07) is 2.14. The summed E-state index contributed by atoms with van der Waals surface area (Å²) in [5, 5.41) is 10.3. The maximum absolute atomic E-state index is 13.8. The number of nitrogens with two attached hydrogens (primary N) is 1. The van der Waals surface area contributed by atoms with Crippen molar-refractivity contribution in [1.82, 2.24) is 0 Å². The third-order valence-corrected chi connectivity index (χ3v) is 3.38. The summed E-state index contributed by atoms with van der Waals surface area (Å²) < 4.78 is 32.7. The van der Waals surface area contributed by atoms with E-state index in [1.165, 1.54) is 4.90 Å². The van der Waals surface area contributed by atoms with Gasteiger partial charge in [-0.15, -0.1) is 0 Å². The van der Waals surface area contributed by atoms with Crippen LogP contribution in [0.25, 0.3) is 0 Å². The molecular weight excluding hydrogens is 254 g/mol. The molecule has 0 spiro atoms. The largest absolute Gasteiger partial charge is 0.399 e. The van der Waals surface area contributed by atoms with E-state index in [-0.39, 0.29) is 17.9 Å². The number of hydrogen-bond acceptors (Lipinski definition) is 4. The lowest BCUT2D eigenvalue weighted by Gasteiger charge is -2.36. The van der Waals surface area contributed by atoms with Crippen molar-refractivity contribution in [2.24, 2.45) is 0 Å². The predicted octanol–water partition coefficient (Wildman–Crippen LogP) is 1.52. The molecule has 0 aliphatic carbocycles. The number of likely N-dealkylation sites (N-methyl/N-ethyl adjacent to an activating group) is 1. The van der Waals surface area contributed by atoms with Gasteiger partial charge in [0.2, 0.25) is 0 Å². The third-order valence-electron chi connectivity index (χ3n) is 3.38. The topological polar surface area (TPSA) is 58.7 Å². The van der Waals surface area contributed by atoms with Gasteiger partial charge in [0.05, 0.1) is 5.60 Å². The zero-order valence-electron chi connectivity index (χ0n) is 10.8. The minimum Gasteiger partial charge on any atom is -0.399 e. The SMILES string of the molecule is CN(CC1(O)CCOCC1)c1c(F)cc(N)cc1F. The molecule has 1 aromatic carbocycles. The summed E-state index contributed by atoms with van der Waals surface area (Å²) in [4.78, 5) is 1.38. The number of benzene rings is 1. The average molecular weight is 272 g/mol. The van der Waals surface area contributed by atoms with Crippen LogP contribution in [0.15, 0.2) is 12.1 Å². The molecule has 1 aliphatic heterocycles. The highest BCUT2D eigenvalue weighted by molar-refractivity contribution is 5.55. The number of ether oxygens (including phenoxy) is 1. The zero-order chi connectivity index (χ0) is 14.0. The van der Waals surface area contributed by atoms with Crippen LogP contribution in [0.3, 0.4) is 0 Å². The van der Waals surface area contributed by atoms with Gasteiger partial charge in [0.1, 0.15) is 5.69 Å². The molecule has 0 atom stereocenters. The second-order valence-electron chi connectivity index (χ2n) is 5.03. The van der Waals surface area contributed by atoms with Gasteiger partial charge < -0.3 is 20.5 Å². The summed E-state index contributed by atoms with van der Waals surface area (Å²) in [6.45, 7) is 1.06. The van der Waals surface area contributed by atoms with Gasteiger partial charge in [-0.2, -0.15) is 0 Å². The highest BCUT2D eigenvalue weighted by atomic mass is 19.1. The van der Waals surface area contributed by atoms with Crippen LogP contribution >= 0.6 is 0 Å². The Balaban J connectivity index is 2.18. The van der Waals surface area contributed by atoms with Gasteiger partial charge in [-0.3, -0.25) is 0 Å². The fourth-order valence-corrected chi connectivity index (χ4v) is 2.38. The third kappa shape index (κ3) is 3.13. The molecular formula is C13H18F2N2O2. The number of rotatable bonds is 3. The number of nitrogen functional groups attached to an aromatic ring is 1. The van der Waals surface area contributed by atoms with Crippen molar-refractivity contribution in [3.63, 3.8) is 0 Å². The lowest BCUT2D eigenvalue weighted by Crippen LogP contribution is -2.46. The number of nitrogens with zero attached hydrogens (tertiary/aromatic N) is 1. The van der Waals surface area contributed by atoms with Gasteiger partial charge in [0, 0.05) is 45.3 Å². The van der Waals surface area contributed by atoms with Gasteiger partial charge in [-0.05, 0) is 12.1 Å². The van der Waals surface area contributed by atoms with Crippen molar-refractivity contribution in [1.29, 1.82) is 0 Å². The number of halogens is 2. The number of aliphatic hydroxyl groups is 1. The molecule has 19 heavy (non-hydrogen) atoms. The van der Waals surface area contributed by atoms with E-state index in [4.69, 9.17) is 10.5 Å². The van der Waals surface area contributed by atoms with Crippen LogP contribution in [0.4, 0.5) is 20.2 Å². The fourth-order valence-electron chi connectivity index (χ4n) is 2.38. The van der Waals surface area contributed by atoms with Crippen LogP contribution in [0.5, 0.6) is 0 Å². The van der Waals surface area contributed by atoms with Gasteiger partial charge in [0.15, 0.2) is 11.6 Å². The number of anilines is 2. The van der Waals surface area contributed by atoms with E-state index in [2.05, 4.69) is 0 Å². The van der Waals surface area contributed by atoms with E-state index in [0.29, 0.717) is 26.1 Å². The normalized spacial score (nSPS) is 18.3. The molecule has 0 bridgehead atoms. The van der Waals surface area contributed by atoms with Crippen LogP contribution in [0.1, 0.15) is 12.8 Å². The summed E-state index contributed by atoms with van der Waals surface area (Å²) in [6.07, 6.45) is 0.908. The molecule has 0 aromatic heterocycles. The van der Waals surface area contributed by atoms with E-state index in [1.54, 1.807) is 7.05 Å². The minimum atomic E-state index is -0.979. The molecule has 0 unspecified atom stereocenters. The summed E-state index contributed by atoms with van der Waals surface area (Å²) in [5.41, 5.74) is 4.26. The van der Waals surface area contributed by atoms with Crippen LogP contribution in [0, 0.1) is 11.6 Å². The van der Waals surface area contributed by atoms with Crippen LogP contribution in [0.2, 0.25) is 0 Å². The second-order valence-corrected chi connectivity index (χ2v) is 5.03. The molecule has 1 fully saturated rings. The number of hydrogen-bond donors (Lipinski definition) is 2. The Morgan fingerprint density at radius 3 is 2.37 bits per heavy atom. The first-order valence-electron chi connectivity index (χ1n) is 6.17. The maximum atomic E-state index is 13.8. The average Bonchev–Trinajstić information content (AvgIpc) is 2.27.